The number of aromatic nitrogens is 1. The zero-order valence-corrected chi connectivity index (χ0v) is 19.0. The molecule has 1 amide bonds. The number of rotatable bonds is 5. The van der Waals surface area contributed by atoms with Crippen LogP contribution in [0.1, 0.15) is 36.0 Å². The van der Waals surface area contributed by atoms with E-state index in [0.29, 0.717) is 10.7 Å². The van der Waals surface area contributed by atoms with E-state index in [0.717, 1.165) is 40.4 Å². The average Bonchev–Trinajstić information content (AvgIpc) is 3.38. The van der Waals surface area contributed by atoms with Crippen molar-refractivity contribution in [3.8, 4) is 0 Å². The first kappa shape index (κ1) is 20.5. The predicted molar refractivity (Wildman–Crippen MR) is 119 cm³/mol. The summed E-state index contributed by atoms with van der Waals surface area (Å²) >= 11 is 4.84. The van der Waals surface area contributed by atoms with Gasteiger partial charge in [-0.15, -0.1) is 0 Å². The monoisotopic (exact) mass is 493 g/mol. The number of sulfonamides is 1. The first-order chi connectivity index (χ1) is 13.9. The Kier molecular flexibility index (Phi) is 5.74. The number of nitrogens with one attached hydrogen (secondary N) is 1. The number of carbonyl (C=O) groups excluding carboxylic acids is 1. The van der Waals surface area contributed by atoms with Gasteiger partial charge in [-0.3, -0.25) is 10.1 Å². The molecule has 0 unspecified atom stereocenters. The lowest BCUT2D eigenvalue weighted by atomic mass is 10.2. The summed E-state index contributed by atoms with van der Waals surface area (Å²) in [6.07, 6.45) is 3.92. The van der Waals surface area contributed by atoms with Gasteiger partial charge in [0.2, 0.25) is 10.0 Å². The normalized spacial score (nSPS) is 15.3. The van der Waals surface area contributed by atoms with Gasteiger partial charge < -0.3 is 0 Å². The van der Waals surface area contributed by atoms with Crippen molar-refractivity contribution in [3.05, 3.63) is 52.5 Å². The van der Waals surface area contributed by atoms with Crippen LogP contribution in [0, 0.1) is 0 Å². The van der Waals surface area contributed by atoms with Crippen molar-refractivity contribution in [1.82, 2.24) is 9.29 Å². The molecule has 1 aliphatic carbocycles. The fourth-order valence-electron chi connectivity index (χ4n) is 3.55. The Morgan fingerprint density at radius 2 is 1.86 bits per heavy atom. The third kappa shape index (κ3) is 4.09. The number of nitrogens with zero attached hydrogens (tertiary/aromatic N) is 2. The third-order valence-corrected chi connectivity index (χ3v) is 8.72. The lowest BCUT2D eigenvalue weighted by molar-refractivity contribution is 0.102. The number of halogens is 1. The summed E-state index contributed by atoms with van der Waals surface area (Å²) in [6.45, 7) is 0. The van der Waals surface area contributed by atoms with Gasteiger partial charge in [-0.2, -0.15) is 4.31 Å². The zero-order chi connectivity index (χ0) is 20.6. The van der Waals surface area contributed by atoms with Crippen molar-refractivity contribution in [2.24, 2.45) is 0 Å². The maximum Gasteiger partial charge on any atom is 0.257 e. The lowest BCUT2D eigenvalue weighted by Gasteiger charge is -2.23. The van der Waals surface area contributed by atoms with Crippen LogP contribution < -0.4 is 5.32 Å². The topological polar surface area (TPSA) is 79.4 Å². The summed E-state index contributed by atoms with van der Waals surface area (Å²) < 4.78 is 29.0. The van der Waals surface area contributed by atoms with E-state index in [2.05, 4.69) is 26.2 Å². The number of hydrogen-bond donors (Lipinski definition) is 1. The maximum absolute atomic E-state index is 12.8. The third-order valence-electron chi connectivity index (χ3n) is 5.22. The molecule has 0 aliphatic heterocycles. The van der Waals surface area contributed by atoms with Crippen molar-refractivity contribution >= 4 is 58.5 Å². The van der Waals surface area contributed by atoms with Gasteiger partial charge in [-0.05, 0) is 65.2 Å². The SMILES string of the molecule is CN(C1CCCC1)S(=O)(=O)c1ccc(C(=O)Nc2nc3c(Br)cccc3s2)cc1. The Hall–Kier alpha value is -1.81. The van der Waals surface area contributed by atoms with Gasteiger partial charge in [0, 0.05) is 23.1 Å². The fourth-order valence-corrected chi connectivity index (χ4v) is 6.44. The number of benzene rings is 2. The van der Waals surface area contributed by atoms with Gasteiger partial charge in [-0.1, -0.05) is 30.2 Å². The van der Waals surface area contributed by atoms with Crippen molar-refractivity contribution in [3.63, 3.8) is 0 Å². The van der Waals surface area contributed by atoms with Crippen LogP contribution in [-0.4, -0.2) is 36.7 Å². The van der Waals surface area contributed by atoms with E-state index in [9.17, 15) is 13.2 Å². The molecule has 4 rings (SSSR count). The van der Waals surface area contributed by atoms with E-state index in [1.54, 1.807) is 7.05 Å². The highest BCUT2D eigenvalue weighted by Gasteiger charge is 2.30. The van der Waals surface area contributed by atoms with Crippen LogP contribution in [0.15, 0.2) is 51.8 Å². The second kappa shape index (κ2) is 8.14. The Labute approximate surface area is 182 Å². The molecule has 9 heteroatoms. The van der Waals surface area contributed by atoms with Crippen LogP contribution in [0.4, 0.5) is 5.13 Å². The van der Waals surface area contributed by atoms with Gasteiger partial charge in [-0.25, -0.2) is 13.4 Å². The second-order valence-corrected chi connectivity index (χ2v) is 10.9. The van der Waals surface area contributed by atoms with Gasteiger partial charge in [0.1, 0.15) is 0 Å². The minimum absolute atomic E-state index is 0.0568. The van der Waals surface area contributed by atoms with Gasteiger partial charge in [0.25, 0.3) is 5.91 Å². The van der Waals surface area contributed by atoms with Crippen molar-refractivity contribution in [2.75, 3.05) is 12.4 Å². The highest BCUT2D eigenvalue weighted by molar-refractivity contribution is 9.10. The molecule has 1 aromatic heterocycles. The number of anilines is 1. The average molecular weight is 494 g/mol. The standard InChI is InChI=1S/C20H20BrN3O3S2/c1-24(14-5-2-3-6-14)29(26,27)15-11-9-13(10-12-15)19(25)23-20-22-18-16(21)7-4-8-17(18)28-20/h4,7-12,14H,2-3,5-6H2,1H3,(H,22,23,25). The molecule has 0 atom stereocenters. The van der Waals surface area contributed by atoms with Crippen molar-refractivity contribution < 1.29 is 13.2 Å². The summed E-state index contributed by atoms with van der Waals surface area (Å²) in [6, 6.07) is 11.9. The minimum Gasteiger partial charge on any atom is -0.298 e. The van der Waals surface area contributed by atoms with Gasteiger partial charge >= 0.3 is 0 Å². The minimum atomic E-state index is -3.56. The van der Waals surface area contributed by atoms with E-state index in [1.165, 1.54) is 39.9 Å². The molecule has 0 radical (unpaired) electrons. The molecule has 1 saturated carbocycles. The molecule has 0 spiro atoms. The molecule has 3 aromatic rings. The Morgan fingerprint density at radius 3 is 2.52 bits per heavy atom. The second-order valence-electron chi connectivity index (χ2n) is 7.04. The molecule has 1 heterocycles. The van der Waals surface area contributed by atoms with E-state index >= 15 is 0 Å². The summed E-state index contributed by atoms with van der Waals surface area (Å²) in [4.78, 5) is 17.2. The van der Waals surface area contributed by atoms with Crippen molar-refractivity contribution in [1.29, 1.82) is 0 Å². The first-order valence-corrected chi connectivity index (χ1v) is 12.4. The Morgan fingerprint density at radius 1 is 1.17 bits per heavy atom. The van der Waals surface area contributed by atoms with Crippen molar-refractivity contribution in [2.45, 2.75) is 36.6 Å². The highest BCUT2D eigenvalue weighted by Crippen LogP contribution is 2.31. The van der Waals surface area contributed by atoms with Gasteiger partial charge in [0.15, 0.2) is 5.13 Å². The van der Waals surface area contributed by atoms with E-state index in [4.69, 9.17) is 0 Å². The largest absolute Gasteiger partial charge is 0.298 e. The first-order valence-electron chi connectivity index (χ1n) is 9.31. The maximum atomic E-state index is 12.8. The van der Waals surface area contributed by atoms with E-state index in [1.807, 2.05) is 18.2 Å². The van der Waals surface area contributed by atoms with Crippen LogP contribution in [0.25, 0.3) is 10.2 Å². The number of amides is 1. The Bertz CT molecular complexity index is 1150. The summed E-state index contributed by atoms with van der Waals surface area (Å²) in [7, 11) is -1.92. The Balaban J connectivity index is 1.50. The number of thiazole rings is 1. The lowest BCUT2D eigenvalue weighted by Crippen LogP contribution is -2.35. The fraction of sp³-hybridized carbons (Fsp3) is 0.300. The number of carbonyl (C=O) groups is 1. The molecular weight excluding hydrogens is 474 g/mol. The van der Waals surface area contributed by atoms with Crippen LogP contribution in [0.2, 0.25) is 0 Å². The van der Waals surface area contributed by atoms with E-state index in [-0.39, 0.29) is 16.8 Å². The number of fused-ring (bicyclic) bond motifs is 1. The molecule has 2 aromatic carbocycles. The molecule has 0 saturated heterocycles. The molecule has 1 N–H and O–H groups in total. The zero-order valence-electron chi connectivity index (χ0n) is 15.8. The molecule has 0 bridgehead atoms. The van der Waals surface area contributed by atoms with Crippen LogP contribution in [0.3, 0.4) is 0 Å². The summed E-state index contributed by atoms with van der Waals surface area (Å²) in [5.41, 5.74) is 1.18. The van der Waals surface area contributed by atoms with E-state index < -0.39 is 10.0 Å². The summed E-state index contributed by atoms with van der Waals surface area (Å²) in [5, 5.41) is 3.28. The van der Waals surface area contributed by atoms with Gasteiger partial charge in [0.05, 0.1) is 15.1 Å². The molecular formula is C20H20BrN3O3S2. The molecule has 29 heavy (non-hydrogen) atoms. The van der Waals surface area contributed by atoms with Crippen LogP contribution in [0.5, 0.6) is 0 Å². The summed E-state index contributed by atoms with van der Waals surface area (Å²) in [5.74, 6) is -0.326. The highest BCUT2D eigenvalue weighted by atomic mass is 79.9. The predicted octanol–water partition coefficient (Wildman–Crippen LogP) is 4.87. The number of para-hydroxylation sites is 1. The molecule has 1 fully saturated rings. The smallest absolute Gasteiger partial charge is 0.257 e. The molecule has 6 nitrogen and oxygen atoms in total. The van der Waals surface area contributed by atoms with Crippen LogP contribution in [-0.2, 0) is 10.0 Å². The molecule has 1 aliphatic rings. The van der Waals surface area contributed by atoms with Crippen LogP contribution >= 0.6 is 27.3 Å². The number of hydrogen-bond acceptors (Lipinski definition) is 5. The quantitative estimate of drug-likeness (QED) is 0.549. The molecule has 152 valence electrons.